The molecule has 6 nitrogen and oxygen atoms in total. The Labute approximate surface area is 160 Å². The fraction of sp³-hybridized carbons (Fsp3) is 0.368. The lowest BCUT2D eigenvalue weighted by Gasteiger charge is -2.09. The molecule has 152 valence electrons. The number of aromatic nitrogens is 1. The summed E-state index contributed by atoms with van der Waals surface area (Å²) in [6.07, 6.45) is -2.96. The summed E-state index contributed by atoms with van der Waals surface area (Å²) in [6.45, 7) is 4.73. The van der Waals surface area contributed by atoms with Crippen molar-refractivity contribution in [3.63, 3.8) is 0 Å². The van der Waals surface area contributed by atoms with Crippen LogP contribution < -0.4 is 10.2 Å². The molecule has 0 saturated heterocycles. The van der Waals surface area contributed by atoms with Gasteiger partial charge in [0.25, 0.3) is 5.91 Å². The molecular formula is C19H22F3N3O3. The summed E-state index contributed by atoms with van der Waals surface area (Å²) < 4.78 is 50.2. The first-order chi connectivity index (χ1) is 13.2. The molecule has 2 aromatic rings. The van der Waals surface area contributed by atoms with E-state index in [9.17, 15) is 18.0 Å². The molecule has 1 N–H and O–H groups in total. The minimum Gasteiger partial charge on any atom is -0.484 e. The number of rotatable bonds is 8. The molecule has 0 aliphatic rings. The van der Waals surface area contributed by atoms with Crippen molar-refractivity contribution in [1.82, 2.24) is 9.99 Å². The Hall–Kier alpha value is -2.81. The fourth-order valence-corrected chi connectivity index (χ4v) is 2.60. The summed E-state index contributed by atoms with van der Waals surface area (Å²) in [7, 11) is 1.63. The van der Waals surface area contributed by atoms with E-state index >= 15 is 0 Å². The van der Waals surface area contributed by atoms with Gasteiger partial charge in [-0.25, -0.2) is 5.43 Å². The monoisotopic (exact) mass is 397 g/mol. The van der Waals surface area contributed by atoms with Crippen molar-refractivity contribution in [1.29, 1.82) is 0 Å². The van der Waals surface area contributed by atoms with Crippen LogP contribution in [-0.4, -0.2) is 37.0 Å². The van der Waals surface area contributed by atoms with Gasteiger partial charge in [0, 0.05) is 30.6 Å². The van der Waals surface area contributed by atoms with Crippen LogP contribution in [0.1, 0.15) is 22.5 Å². The molecule has 1 aromatic heterocycles. The molecule has 1 amide bonds. The zero-order valence-corrected chi connectivity index (χ0v) is 15.8. The van der Waals surface area contributed by atoms with E-state index in [4.69, 9.17) is 9.47 Å². The van der Waals surface area contributed by atoms with Crippen LogP contribution in [0.3, 0.4) is 0 Å². The number of carbonyl (C=O) groups is 1. The highest BCUT2D eigenvalue weighted by molar-refractivity contribution is 5.84. The lowest BCUT2D eigenvalue weighted by Crippen LogP contribution is -2.24. The van der Waals surface area contributed by atoms with E-state index in [1.807, 2.05) is 19.9 Å². The molecular weight excluding hydrogens is 375 g/mol. The highest BCUT2D eigenvalue weighted by atomic mass is 19.4. The van der Waals surface area contributed by atoms with Crippen LogP contribution in [0.2, 0.25) is 0 Å². The Bertz CT molecular complexity index is 845. The molecule has 0 spiro atoms. The Morgan fingerprint density at radius 1 is 1.29 bits per heavy atom. The summed E-state index contributed by atoms with van der Waals surface area (Å²) in [5.74, 6) is -0.627. The first-order valence-corrected chi connectivity index (χ1v) is 8.50. The second-order valence-corrected chi connectivity index (χ2v) is 6.08. The van der Waals surface area contributed by atoms with E-state index < -0.39 is 24.3 Å². The molecule has 0 fully saturated rings. The number of hydrogen-bond donors (Lipinski definition) is 1. The van der Waals surface area contributed by atoms with Crippen LogP contribution in [0.4, 0.5) is 13.2 Å². The molecule has 28 heavy (non-hydrogen) atoms. The smallest absolute Gasteiger partial charge is 0.416 e. The third kappa shape index (κ3) is 5.85. The van der Waals surface area contributed by atoms with Crippen molar-refractivity contribution in [3.8, 4) is 5.75 Å². The number of methoxy groups -OCH3 is 1. The number of carbonyl (C=O) groups excluding carboxylic acids is 1. The van der Waals surface area contributed by atoms with Crippen LogP contribution in [0.25, 0.3) is 0 Å². The molecule has 0 saturated carbocycles. The number of hydrogen-bond acceptors (Lipinski definition) is 4. The number of halogens is 3. The summed E-state index contributed by atoms with van der Waals surface area (Å²) >= 11 is 0. The van der Waals surface area contributed by atoms with Crippen LogP contribution in [0.5, 0.6) is 5.75 Å². The van der Waals surface area contributed by atoms with Gasteiger partial charge < -0.3 is 14.0 Å². The standard InChI is InChI=1S/C19H22F3N3O3/c1-13-9-15(14(2)25(13)7-8-27-3)11-23-24-18(26)12-28-17-6-4-5-16(10-17)19(20,21)22/h4-6,9-11H,7-8,12H2,1-3H3,(H,24,26). The second kappa shape index (κ2) is 9.41. The third-order valence-electron chi connectivity index (χ3n) is 4.06. The van der Waals surface area contributed by atoms with Gasteiger partial charge in [0.2, 0.25) is 0 Å². The van der Waals surface area contributed by atoms with Gasteiger partial charge in [0.05, 0.1) is 18.4 Å². The van der Waals surface area contributed by atoms with E-state index in [1.54, 1.807) is 7.11 Å². The third-order valence-corrected chi connectivity index (χ3v) is 4.06. The van der Waals surface area contributed by atoms with Crippen LogP contribution in [-0.2, 0) is 22.3 Å². The zero-order chi connectivity index (χ0) is 20.7. The van der Waals surface area contributed by atoms with E-state index in [0.717, 1.165) is 29.1 Å². The number of nitrogens with zero attached hydrogens (tertiary/aromatic N) is 2. The quantitative estimate of drug-likeness (QED) is 0.549. The van der Waals surface area contributed by atoms with E-state index in [2.05, 4.69) is 15.1 Å². The van der Waals surface area contributed by atoms with Gasteiger partial charge in [0.15, 0.2) is 6.61 Å². The van der Waals surface area contributed by atoms with Crippen molar-refractivity contribution in [2.24, 2.45) is 5.10 Å². The number of nitrogens with one attached hydrogen (secondary N) is 1. The van der Waals surface area contributed by atoms with E-state index in [-0.39, 0.29) is 5.75 Å². The Kier molecular flexibility index (Phi) is 7.22. The predicted molar refractivity (Wildman–Crippen MR) is 98.5 cm³/mol. The number of hydrazone groups is 1. The van der Waals surface area contributed by atoms with Gasteiger partial charge in [-0.15, -0.1) is 0 Å². The summed E-state index contributed by atoms with van der Waals surface area (Å²) in [5, 5.41) is 3.88. The molecule has 9 heteroatoms. The van der Waals surface area contributed by atoms with Gasteiger partial charge in [0.1, 0.15) is 5.75 Å². The van der Waals surface area contributed by atoms with Crippen LogP contribution >= 0.6 is 0 Å². The van der Waals surface area contributed by atoms with Gasteiger partial charge in [-0.2, -0.15) is 18.3 Å². The minimum absolute atomic E-state index is 0.0457. The fourth-order valence-electron chi connectivity index (χ4n) is 2.60. The number of benzene rings is 1. The van der Waals surface area contributed by atoms with Crippen molar-refractivity contribution < 1.29 is 27.4 Å². The average Bonchev–Trinajstić information content (AvgIpc) is 2.91. The lowest BCUT2D eigenvalue weighted by molar-refractivity contribution is -0.137. The predicted octanol–water partition coefficient (Wildman–Crippen LogP) is 3.30. The average molecular weight is 397 g/mol. The molecule has 0 unspecified atom stereocenters. The maximum Gasteiger partial charge on any atom is 0.416 e. The maximum atomic E-state index is 12.7. The Morgan fingerprint density at radius 2 is 2.04 bits per heavy atom. The van der Waals surface area contributed by atoms with Crippen LogP contribution in [0, 0.1) is 13.8 Å². The molecule has 0 bridgehead atoms. The van der Waals surface area contributed by atoms with Crippen molar-refractivity contribution >= 4 is 12.1 Å². The maximum absolute atomic E-state index is 12.7. The normalized spacial score (nSPS) is 11.8. The number of aryl methyl sites for hydroxylation is 1. The van der Waals surface area contributed by atoms with Crippen molar-refractivity contribution in [2.75, 3.05) is 20.3 Å². The molecule has 1 aromatic carbocycles. The molecule has 1 heterocycles. The highest BCUT2D eigenvalue weighted by Crippen LogP contribution is 2.31. The SMILES string of the molecule is COCCn1c(C)cc(C=NNC(=O)COc2cccc(C(F)(F)F)c2)c1C. The number of amides is 1. The summed E-state index contributed by atoms with van der Waals surface area (Å²) in [5.41, 5.74) is 4.31. The van der Waals surface area contributed by atoms with Gasteiger partial charge in [-0.05, 0) is 38.1 Å². The van der Waals surface area contributed by atoms with Gasteiger partial charge in [-0.3, -0.25) is 4.79 Å². The molecule has 2 rings (SSSR count). The largest absolute Gasteiger partial charge is 0.484 e. The number of alkyl halides is 3. The Balaban J connectivity index is 1.89. The summed E-state index contributed by atoms with van der Waals surface area (Å²) in [4.78, 5) is 11.8. The molecule has 0 atom stereocenters. The molecule has 0 aliphatic heterocycles. The lowest BCUT2D eigenvalue weighted by atomic mass is 10.2. The van der Waals surface area contributed by atoms with Crippen LogP contribution in [0.15, 0.2) is 35.4 Å². The first kappa shape index (κ1) is 21.5. The summed E-state index contributed by atoms with van der Waals surface area (Å²) in [6, 6.07) is 6.26. The molecule has 0 radical (unpaired) electrons. The second-order valence-electron chi connectivity index (χ2n) is 6.08. The Morgan fingerprint density at radius 3 is 2.71 bits per heavy atom. The minimum atomic E-state index is -4.47. The van der Waals surface area contributed by atoms with Gasteiger partial charge >= 0.3 is 6.18 Å². The topological polar surface area (TPSA) is 64.8 Å². The van der Waals surface area contributed by atoms with Crippen molar-refractivity contribution in [2.45, 2.75) is 26.6 Å². The van der Waals surface area contributed by atoms with E-state index in [0.29, 0.717) is 13.2 Å². The zero-order valence-electron chi connectivity index (χ0n) is 15.8. The molecule has 0 aliphatic carbocycles. The first-order valence-electron chi connectivity index (χ1n) is 8.50. The van der Waals surface area contributed by atoms with Crippen molar-refractivity contribution in [3.05, 3.63) is 52.8 Å². The number of ether oxygens (including phenoxy) is 2. The highest BCUT2D eigenvalue weighted by Gasteiger charge is 2.30. The van der Waals surface area contributed by atoms with Gasteiger partial charge in [-0.1, -0.05) is 6.07 Å². The van der Waals surface area contributed by atoms with E-state index in [1.165, 1.54) is 18.3 Å².